The van der Waals surface area contributed by atoms with Crippen LogP contribution in [-0.4, -0.2) is 22.6 Å². The summed E-state index contributed by atoms with van der Waals surface area (Å²) in [5.74, 6) is -0.868. The number of aryl methyl sites for hydroxylation is 2. The molecular weight excluding hydrogens is 414 g/mol. The standard InChI is InChI=1S/C27H25N3O3/c1-17-4-8-20(9-5-17)16-30-26(32)24(21-10-6-18(2)7-11-21)25(27(30)33)29-23-14-12-22(13-15-23)28-19(3)31/h4-15,29H,16H2,1-3H3,(H,28,31). The zero-order chi connectivity index (χ0) is 23.5. The van der Waals surface area contributed by atoms with Gasteiger partial charge in [0, 0.05) is 18.3 Å². The summed E-state index contributed by atoms with van der Waals surface area (Å²) in [5.41, 5.74) is 5.62. The van der Waals surface area contributed by atoms with E-state index in [4.69, 9.17) is 0 Å². The molecule has 33 heavy (non-hydrogen) atoms. The second kappa shape index (κ2) is 9.12. The fourth-order valence-corrected chi connectivity index (χ4v) is 3.68. The highest BCUT2D eigenvalue weighted by molar-refractivity contribution is 6.36. The average Bonchev–Trinajstić information content (AvgIpc) is 3.01. The van der Waals surface area contributed by atoms with Crippen molar-refractivity contribution in [2.45, 2.75) is 27.3 Å². The van der Waals surface area contributed by atoms with Crippen LogP contribution in [0.2, 0.25) is 0 Å². The van der Waals surface area contributed by atoms with Crippen LogP contribution in [0.3, 0.4) is 0 Å². The second-order valence-electron chi connectivity index (χ2n) is 8.18. The summed E-state index contributed by atoms with van der Waals surface area (Å²) < 4.78 is 0. The van der Waals surface area contributed by atoms with Crippen molar-refractivity contribution in [3.05, 3.63) is 101 Å². The van der Waals surface area contributed by atoms with Crippen molar-refractivity contribution in [1.82, 2.24) is 4.90 Å². The maximum Gasteiger partial charge on any atom is 0.278 e. The molecule has 0 fully saturated rings. The van der Waals surface area contributed by atoms with Crippen LogP contribution < -0.4 is 10.6 Å². The number of carbonyl (C=O) groups excluding carboxylic acids is 3. The van der Waals surface area contributed by atoms with Crippen molar-refractivity contribution in [1.29, 1.82) is 0 Å². The molecule has 3 aromatic rings. The molecule has 0 unspecified atom stereocenters. The molecule has 1 aliphatic heterocycles. The van der Waals surface area contributed by atoms with Gasteiger partial charge in [0.05, 0.1) is 12.1 Å². The minimum absolute atomic E-state index is 0.164. The summed E-state index contributed by atoms with van der Waals surface area (Å²) in [4.78, 5) is 39.3. The van der Waals surface area contributed by atoms with Gasteiger partial charge in [0.15, 0.2) is 0 Å². The van der Waals surface area contributed by atoms with Crippen molar-refractivity contribution in [2.75, 3.05) is 10.6 Å². The van der Waals surface area contributed by atoms with Gasteiger partial charge in [0.2, 0.25) is 5.91 Å². The van der Waals surface area contributed by atoms with Crippen LogP contribution in [0.4, 0.5) is 11.4 Å². The summed E-state index contributed by atoms with van der Waals surface area (Å²) in [7, 11) is 0. The fourth-order valence-electron chi connectivity index (χ4n) is 3.68. The number of anilines is 2. The van der Waals surface area contributed by atoms with Crippen LogP contribution >= 0.6 is 0 Å². The maximum atomic E-state index is 13.4. The minimum Gasteiger partial charge on any atom is -0.350 e. The molecule has 3 amide bonds. The molecule has 0 saturated heterocycles. The van der Waals surface area contributed by atoms with Crippen molar-refractivity contribution in [2.24, 2.45) is 0 Å². The van der Waals surface area contributed by atoms with E-state index < -0.39 is 0 Å². The Bertz CT molecular complexity index is 1240. The number of rotatable bonds is 6. The summed E-state index contributed by atoms with van der Waals surface area (Å²) in [6.07, 6.45) is 0. The highest BCUT2D eigenvalue weighted by Gasteiger charge is 2.39. The van der Waals surface area contributed by atoms with E-state index in [1.54, 1.807) is 24.3 Å². The molecule has 0 aliphatic carbocycles. The predicted molar refractivity (Wildman–Crippen MR) is 129 cm³/mol. The Morgan fingerprint density at radius 3 is 1.88 bits per heavy atom. The topological polar surface area (TPSA) is 78.5 Å². The molecule has 0 radical (unpaired) electrons. The van der Waals surface area contributed by atoms with Crippen LogP contribution in [0, 0.1) is 13.8 Å². The number of hydrogen-bond acceptors (Lipinski definition) is 4. The van der Waals surface area contributed by atoms with Gasteiger partial charge >= 0.3 is 0 Å². The molecular formula is C27H25N3O3. The first-order valence-electron chi connectivity index (χ1n) is 10.7. The largest absolute Gasteiger partial charge is 0.350 e. The molecule has 3 aromatic carbocycles. The molecule has 0 spiro atoms. The van der Waals surface area contributed by atoms with Crippen LogP contribution in [0.1, 0.15) is 29.2 Å². The zero-order valence-corrected chi connectivity index (χ0v) is 18.8. The molecule has 4 rings (SSSR count). The lowest BCUT2D eigenvalue weighted by atomic mass is 10.0. The molecule has 0 atom stereocenters. The number of nitrogens with zero attached hydrogens (tertiary/aromatic N) is 1. The number of nitrogens with one attached hydrogen (secondary N) is 2. The summed E-state index contributed by atoms with van der Waals surface area (Å²) in [6.45, 7) is 5.60. The average molecular weight is 440 g/mol. The first kappa shape index (κ1) is 22.0. The lowest BCUT2D eigenvalue weighted by Gasteiger charge is -2.15. The van der Waals surface area contributed by atoms with E-state index in [9.17, 15) is 14.4 Å². The Balaban J connectivity index is 1.68. The molecule has 6 heteroatoms. The van der Waals surface area contributed by atoms with Crippen LogP contribution in [-0.2, 0) is 20.9 Å². The van der Waals surface area contributed by atoms with Gasteiger partial charge in [-0.1, -0.05) is 59.7 Å². The fraction of sp³-hybridized carbons (Fsp3) is 0.148. The number of amides is 3. The third kappa shape index (κ3) is 4.85. The SMILES string of the molecule is CC(=O)Nc1ccc(NC2=C(c3ccc(C)cc3)C(=O)N(Cc3ccc(C)cc3)C2=O)cc1. The van der Waals surface area contributed by atoms with Crippen LogP contribution in [0.25, 0.3) is 5.57 Å². The molecule has 2 N–H and O–H groups in total. The quantitative estimate of drug-likeness (QED) is 0.548. The van der Waals surface area contributed by atoms with E-state index in [0.29, 0.717) is 22.5 Å². The monoisotopic (exact) mass is 439 g/mol. The zero-order valence-electron chi connectivity index (χ0n) is 18.8. The number of hydrogen-bond donors (Lipinski definition) is 2. The van der Waals surface area contributed by atoms with E-state index in [1.165, 1.54) is 11.8 Å². The molecule has 1 aliphatic rings. The number of imide groups is 1. The third-order valence-electron chi connectivity index (χ3n) is 5.44. The van der Waals surface area contributed by atoms with Gasteiger partial charge in [-0.3, -0.25) is 19.3 Å². The first-order valence-corrected chi connectivity index (χ1v) is 10.7. The van der Waals surface area contributed by atoms with Gasteiger partial charge in [-0.25, -0.2) is 0 Å². The molecule has 6 nitrogen and oxygen atoms in total. The lowest BCUT2D eigenvalue weighted by molar-refractivity contribution is -0.137. The van der Waals surface area contributed by atoms with Gasteiger partial charge in [0.25, 0.3) is 11.8 Å². The highest BCUT2D eigenvalue weighted by Crippen LogP contribution is 2.32. The summed E-state index contributed by atoms with van der Waals surface area (Å²) in [5, 5.41) is 5.86. The Morgan fingerprint density at radius 2 is 1.30 bits per heavy atom. The first-order chi connectivity index (χ1) is 15.8. The molecule has 0 saturated carbocycles. The third-order valence-corrected chi connectivity index (χ3v) is 5.44. The lowest BCUT2D eigenvalue weighted by Crippen LogP contribution is -2.32. The normalized spacial score (nSPS) is 13.5. The smallest absolute Gasteiger partial charge is 0.278 e. The number of benzene rings is 3. The second-order valence-corrected chi connectivity index (χ2v) is 8.18. The van der Waals surface area contributed by atoms with E-state index in [-0.39, 0.29) is 30.0 Å². The van der Waals surface area contributed by atoms with E-state index in [2.05, 4.69) is 10.6 Å². The maximum absolute atomic E-state index is 13.4. The van der Waals surface area contributed by atoms with Crippen molar-refractivity contribution in [3.63, 3.8) is 0 Å². The Hall–Kier alpha value is -4.19. The minimum atomic E-state index is -0.373. The molecule has 1 heterocycles. The van der Waals surface area contributed by atoms with E-state index in [1.807, 2.05) is 62.4 Å². The van der Waals surface area contributed by atoms with Crippen molar-refractivity contribution in [3.8, 4) is 0 Å². The summed E-state index contributed by atoms with van der Waals surface area (Å²) >= 11 is 0. The van der Waals surface area contributed by atoms with Gasteiger partial charge in [-0.05, 0) is 49.2 Å². The van der Waals surface area contributed by atoms with Gasteiger partial charge in [-0.2, -0.15) is 0 Å². The molecule has 0 aromatic heterocycles. The van der Waals surface area contributed by atoms with E-state index in [0.717, 1.165) is 16.7 Å². The van der Waals surface area contributed by atoms with Gasteiger partial charge in [-0.15, -0.1) is 0 Å². The Kier molecular flexibility index (Phi) is 6.09. The molecule has 166 valence electrons. The van der Waals surface area contributed by atoms with Crippen LogP contribution in [0.15, 0.2) is 78.5 Å². The van der Waals surface area contributed by atoms with E-state index >= 15 is 0 Å². The molecule has 0 bridgehead atoms. The predicted octanol–water partition coefficient (Wildman–Crippen LogP) is 4.65. The number of carbonyl (C=O) groups is 3. The Morgan fingerprint density at radius 1 is 0.758 bits per heavy atom. The van der Waals surface area contributed by atoms with Crippen LogP contribution in [0.5, 0.6) is 0 Å². The van der Waals surface area contributed by atoms with Crippen molar-refractivity contribution >= 4 is 34.7 Å². The Labute approximate surface area is 192 Å². The highest BCUT2D eigenvalue weighted by atomic mass is 16.2. The summed E-state index contributed by atoms with van der Waals surface area (Å²) in [6, 6.07) is 22.3. The van der Waals surface area contributed by atoms with Crippen molar-refractivity contribution < 1.29 is 14.4 Å². The van der Waals surface area contributed by atoms with Gasteiger partial charge in [0.1, 0.15) is 5.70 Å². The van der Waals surface area contributed by atoms with Gasteiger partial charge < -0.3 is 10.6 Å².